The van der Waals surface area contributed by atoms with E-state index in [9.17, 15) is 14.7 Å². The van der Waals surface area contributed by atoms with Crippen molar-refractivity contribution in [2.45, 2.75) is 63.9 Å². The summed E-state index contributed by atoms with van der Waals surface area (Å²) in [4.78, 5) is 25.2. The second-order valence-corrected chi connectivity index (χ2v) is 12.0. The quantitative estimate of drug-likeness (QED) is 0.300. The fourth-order valence-corrected chi connectivity index (χ4v) is 5.98. The fourth-order valence-electron chi connectivity index (χ4n) is 3.56. The Hall–Kier alpha value is -2.34. The predicted molar refractivity (Wildman–Crippen MR) is 134 cm³/mol. The molecule has 10 nitrogen and oxygen atoms in total. The molecule has 0 bridgehead atoms. The molecule has 4 unspecified atom stereocenters. The Morgan fingerprint density at radius 2 is 2.06 bits per heavy atom. The van der Waals surface area contributed by atoms with Crippen molar-refractivity contribution in [1.29, 1.82) is 0 Å². The Morgan fingerprint density at radius 3 is 2.67 bits per heavy atom. The van der Waals surface area contributed by atoms with E-state index in [-0.39, 0.29) is 18.5 Å². The van der Waals surface area contributed by atoms with Crippen LogP contribution in [0.4, 0.5) is 4.39 Å². The standard InChI is InChI=1S/C23H31FN3O7PS/c1-14(2)32-21(30)15(3)26-35(36,34-17-9-7-6-8-10-17)31-13-18-20(29)23(5,24)22(33-18)27-12-11-19(28)25-16(27)4/h6-12,14-15,18,20,22,29H,4,13H2,1-3,5H3,(H,25,28)(H,26,36)/t15?,18-,20?,22-,23?,35?/m1/s1. The maximum absolute atomic E-state index is 15.6. The maximum Gasteiger partial charge on any atom is 0.323 e. The van der Waals surface area contributed by atoms with E-state index >= 15 is 4.39 Å². The summed E-state index contributed by atoms with van der Waals surface area (Å²) in [5, 5.41) is 16.1. The van der Waals surface area contributed by atoms with Crippen molar-refractivity contribution in [2.75, 3.05) is 6.61 Å². The van der Waals surface area contributed by atoms with E-state index < -0.39 is 48.7 Å². The van der Waals surface area contributed by atoms with Gasteiger partial charge in [-0.1, -0.05) is 24.8 Å². The molecule has 3 rings (SSSR count). The predicted octanol–water partition coefficient (Wildman–Crippen LogP) is 2.47. The monoisotopic (exact) mass is 543 g/mol. The number of benzene rings is 1. The zero-order valence-electron chi connectivity index (χ0n) is 20.4. The summed E-state index contributed by atoms with van der Waals surface area (Å²) < 4.78 is 38.4. The van der Waals surface area contributed by atoms with Gasteiger partial charge in [-0.3, -0.25) is 9.59 Å². The van der Waals surface area contributed by atoms with Crippen LogP contribution in [0.15, 0.2) is 55.0 Å². The lowest BCUT2D eigenvalue weighted by atomic mass is 9.98. The van der Waals surface area contributed by atoms with Crippen LogP contribution >= 0.6 is 6.64 Å². The topological polar surface area (TPSA) is 119 Å². The van der Waals surface area contributed by atoms with Crippen LogP contribution in [0.25, 0.3) is 0 Å². The summed E-state index contributed by atoms with van der Waals surface area (Å²) in [6.45, 7) is 6.11. The summed E-state index contributed by atoms with van der Waals surface area (Å²) in [5.41, 5.74) is -2.26. The van der Waals surface area contributed by atoms with Crippen molar-refractivity contribution in [3.05, 3.63) is 55.0 Å². The lowest BCUT2D eigenvalue weighted by molar-refractivity contribution is -0.149. The zero-order chi connectivity index (χ0) is 26.7. The van der Waals surface area contributed by atoms with Gasteiger partial charge in [0, 0.05) is 12.3 Å². The van der Waals surface area contributed by atoms with Crippen LogP contribution in [-0.4, -0.2) is 64.7 Å². The molecule has 1 saturated heterocycles. The van der Waals surface area contributed by atoms with E-state index in [0.29, 0.717) is 5.75 Å². The van der Waals surface area contributed by atoms with E-state index in [0.717, 1.165) is 0 Å². The second-order valence-electron chi connectivity index (χ2n) is 8.82. The SMILES string of the molecule is C=C1NC(=O)C=CN1[C@@H]1O[C@H](COP(=S)(NC(C)C(=O)OC(C)C)Oc2ccccc2)C(O)C1(C)F. The third-order valence-corrected chi connectivity index (χ3v) is 7.87. The van der Waals surface area contributed by atoms with E-state index in [1.807, 2.05) is 0 Å². The summed E-state index contributed by atoms with van der Waals surface area (Å²) in [6.07, 6.45) is -1.87. The molecule has 1 aromatic rings. The number of nitrogens with one attached hydrogen (secondary N) is 2. The molecule has 1 aromatic carbocycles. The highest BCUT2D eigenvalue weighted by Crippen LogP contribution is 2.47. The van der Waals surface area contributed by atoms with Crippen molar-refractivity contribution in [2.24, 2.45) is 0 Å². The van der Waals surface area contributed by atoms with Gasteiger partial charge in [0.15, 0.2) is 11.9 Å². The van der Waals surface area contributed by atoms with Gasteiger partial charge in [-0.15, -0.1) is 0 Å². The fraction of sp³-hybridized carbons (Fsp3) is 0.478. The number of ether oxygens (including phenoxy) is 2. The lowest BCUT2D eigenvalue weighted by Gasteiger charge is -2.35. The number of nitrogens with zero attached hydrogens (tertiary/aromatic N) is 1. The maximum atomic E-state index is 15.6. The molecular weight excluding hydrogens is 512 g/mol. The molecule has 1 fully saturated rings. The molecule has 3 N–H and O–H groups in total. The van der Waals surface area contributed by atoms with E-state index in [1.54, 1.807) is 51.1 Å². The van der Waals surface area contributed by atoms with E-state index in [4.69, 9.17) is 30.3 Å². The van der Waals surface area contributed by atoms with Crippen LogP contribution in [0.3, 0.4) is 0 Å². The second kappa shape index (κ2) is 11.4. The first-order chi connectivity index (χ1) is 16.8. The van der Waals surface area contributed by atoms with Gasteiger partial charge in [0.25, 0.3) is 5.91 Å². The van der Waals surface area contributed by atoms with Crippen LogP contribution in [-0.2, 0) is 35.4 Å². The molecule has 0 spiro atoms. The molecule has 0 saturated carbocycles. The number of para-hydroxylation sites is 1. The minimum absolute atomic E-state index is 0.0989. The van der Waals surface area contributed by atoms with Gasteiger partial charge in [0.05, 0.1) is 12.7 Å². The first kappa shape index (κ1) is 28.2. The molecule has 13 heteroatoms. The molecule has 2 heterocycles. The Kier molecular flexibility index (Phi) is 8.92. The molecule has 1 amide bonds. The van der Waals surface area contributed by atoms with Crippen LogP contribution < -0.4 is 14.9 Å². The zero-order valence-corrected chi connectivity index (χ0v) is 22.1. The number of carbonyl (C=O) groups excluding carboxylic acids is 2. The van der Waals surface area contributed by atoms with Gasteiger partial charge in [0.1, 0.15) is 29.8 Å². The Bertz CT molecular complexity index is 1060. The number of aliphatic hydroxyl groups is 1. The number of carbonyl (C=O) groups is 2. The van der Waals surface area contributed by atoms with Crippen molar-refractivity contribution in [1.82, 2.24) is 15.3 Å². The Balaban J connectivity index is 1.76. The molecule has 36 heavy (non-hydrogen) atoms. The van der Waals surface area contributed by atoms with Gasteiger partial charge in [0.2, 0.25) is 0 Å². The van der Waals surface area contributed by atoms with Gasteiger partial charge in [-0.05, 0) is 51.6 Å². The minimum atomic E-state index is -3.42. The summed E-state index contributed by atoms with van der Waals surface area (Å²) >= 11 is 5.64. The van der Waals surface area contributed by atoms with Crippen molar-refractivity contribution in [3.8, 4) is 5.75 Å². The number of hydrogen-bond donors (Lipinski definition) is 3. The van der Waals surface area contributed by atoms with Crippen molar-refractivity contribution < 1.29 is 37.6 Å². The number of hydrogen-bond acceptors (Lipinski definition) is 9. The van der Waals surface area contributed by atoms with Crippen LogP contribution in [0.5, 0.6) is 5.75 Å². The average Bonchev–Trinajstić information content (AvgIpc) is 3.01. The first-order valence-corrected chi connectivity index (χ1v) is 13.9. The average molecular weight is 544 g/mol. The number of amides is 1. The van der Waals surface area contributed by atoms with Crippen molar-refractivity contribution >= 4 is 30.3 Å². The van der Waals surface area contributed by atoms with Gasteiger partial charge >= 0.3 is 12.6 Å². The molecule has 6 atom stereocenters. The van der Waals surface area contributed by atoms with Crippen LogP contribution in [0, 0.1) is 0 Å². The number of rotatable bonds is 10. The first-order valence-electron chi connectivity index (χ1n) is 11.3. The molecule has 2 aliphatic heterocycles. The summed E-state index contributed by atoms with van der Waals surface area (Å²) in [6, 6.07) is 7.74. The van der Waals surface area contributed by atoms with Crippen LogP contribution in [0.2, 0.25) is 0 Å². The molecule has 198 valence electrons. The van der Waals surface area contributed by atoms with Gasteiger partial charge in [-0.2, -0.15) is 0 Å². The molecular formula is C23H31FN3O7PS. The molecule has 0 aromatic heterocycles. The van der Waals surface area contributed by atoms with E-state index in [1.165, 1.54) is 24.1 Å². The lowest BCUT2D eigenvalue weighted by Crippen LogP contribution is -2.51. The highest BCUT2D eigenvalue weighted by molar-refractivity contribution is 8.09. The largest absolute Gasteiger partial charge is 0.462 e. The Morgan fingerprint density at radius 1 is 1.39 bits per heavy atom. The smallest absolute Gasteiger partial charge is 0.323 e. The number of esters is 1. The summed E-state index contributed by atoms with van der Waals surface area (Å²) in [7, 11) is 0. The normalized spacial score (nSPS) is 28.5. The van der Waals surface area contributed by atoms with E-state index in [2.05, 4.69) is 17.0 Å². The van der Waals surface area contributed by atoms with Crippen molar-refractivity contribution in [3.63, 3.8) is 0 Å². The Labute approximate surface area is 214 Å². The highest BCUT2D eigenvalue weighted by Gasteiger charge is 2.57. The van der Waals surface area contributed by atoms with Gasteiger partial charge in [-0.25, -0.2) is 9.48 Å². The molecule has 0 radical (unpaired) electrons. The third kappa shape index (κ3) is 6.70. The minimum Gasteiger partial charge on any atom is -0.462 e. The number of halogens is 1. The molecule has 2 aliphatic rings. The number of alkyl halides is 1. The summed E-state index contributed by atoms with van der Waals surface area (Å²) in [5.74, 6) is -0.471. The van der Waals surface area contributed by atoms with Crippen LogP contribution in [0.1, 0.15) is 27.7 Å². The highest BCUT2D eigenvalue weighted by atomic mass is 32.5. The number of aliphatic hydroxyl groups excluding tert-OH is 1. The molecule has 0 aliphatic carbocycles. The van der Waals surface area contributed by atoms with Gasteiger partial charge < -0.3 is 33.8 Å². The third-order valence-electron chi connectivity index (χ3n) is 5.37.